The van der Waals surface area contributed by atoms with Gasteiger partial charge in [-0.1, -0.05) is 23.5 Å². The summed E-state index contributed by atoms with van der Waals surface area (Å²) in [5.41, 5.74) is 3.19. The third-order valence-electron chi connectivity index (χ3n) is 3.95. The van der Waals surface area contributed by atoms with Gasteiger partial charge in [-0.3, -0.25) is 4.72 Å². The molecule has 1 heterocycles. The second-order valence-corrected chi connectivity index (χ2v) is 6.42. The first kappa shape index (κ1) is 15.7. The highest BCUT2D eigenvalue weighted by Gasteiger charge is 2.21. The monoisotopic (exact) mass is 311 g/mol. The standard InChI is InChI=1S/C15H22ClN3S/c1-11-7-13(16)8-15(14(11)9-17)19-5-3-12(4-6-19)10-18-20-2/h7-9,12,17-18H,3-6,10H2,1-2H3. The van der Waals surface area contributed by atoms with E-state index in [4.69, 9.17) is 17.0 Å². The molecule has 1 fully saturated rings. The van der Waals surface area contributed by atoms with Gasteiger partial charge in [0.1, 0.15) is 0 Å². The number of hydrogen-bond acceptors (Lipinski definition) is 4. The first-order valence-electron chi connectivity index (χ1n) is 6.97. The fourth-order valence-electron chi connectivity index (χ4n) is 2.77. The molecule has 1 aliphatic heterocycles. The van der Waals surface area contributed by atoms with Gasteiger partial charge in [-0.15, -0.1) is 0 Å². The van der Waals surface area contributed by atoms with E-state index in [2.05, 4.69) is 15.9 Å². The van der Waals surface area contributed by atoms with Crippen LogP contribution in [0.1, 0.15) is 24.0 Å². The lowest BCUT2D eigenvalue weighted by atomic mass is 9.95. The van der Waals surface area contributed by atoms with Gasteiger partial charge in [0.15, 0.2) is 0 Å². The minimum absolute atomic E-state index is 0.752. The first-order chi connectivity index (χ1) is 9.65. The molecule has 110 valence electrons. The molecule has 0 amide bonds. The van der Waals surface area contributed by atoms with Crippen LogP contribution >= 0.6 is 23.5 Å². The van der Waals surface area contributed by atoms with Crippen molar-refractivity contribution >= 4 is 35.5 Å². The number of rotatable bonds is 5. The van der Waals surface area contributed by atoms with Gasteiger partial charge in [0, 0.05) is 42.1 Å². The molecular weight excluding hydrogens is 290 g/mol. The van der Waals surface area contributed by atoms with Crippen LogP contribution in [0.5, 0.6) is 0 Å². The molecule has 1 aromatic carbocycles. The molecule has 20 heavy (non-hydrogen) atoms. The van der Waals surface area contributed by atoms with Crippen molar-refractivity contribution in [3.63, 3.8) is 0 Å². The fraction of sp³-hybridized carbons (Fsp3) is 0.533. The van der Waals surface area contributed by atoms with Gasteiger partial charge in [-0.05, 0) is 49.6 Å². The van der Waals surface area contributed by atoms with Crippen molar-refractivity contribution < 1.29 is 0 Å². The zero-order chi connectivity index (χ0) is 14.5. The molecule has 0 atom stereocenters. The average molecular weight is 312 g/mol. The van der Waals surface area contributed by atoms with Gasteiger partial charge in [-0.2, -0.15) is 0 Å². The highest BCUT2D eigenvalue weighted by Crippen LogP contribution is 2.30. The second kappa shape index (κ2) is 7.34. The Hall–Kier alpha value is -0.710. The minimum atomic E-state index is 0.752. The van der Waals surface area contributed by atoms with Crippen molar-refractivity contribution in [2.45, 2.75) is 19.8 Å². The number of nitrogens with one attached hydrogen (secondary N) is 2. The van der Waals surface area contributed by atoms with Gasteiger partial charge < -0.3 is 10.3 Å². The van der Waals surface area contributed by atoms with Crippen molar-refractivity contribution in [2.24, 2.45) is 5.92 Å². The maximum Gasteiger partial charge on any atom is 0.0472 e. The van der Waals surface area contributed by atoms with Gasteiger partial charge in [0.25, 0.3) is 0 Å². The predicted molar refractivity (Wildman–Crippen MR) is 90.5 cm³/mol. The summed E-state index contributed by atoms with van der Waals surface area (Å²) >= 11 is 7.87. The number of piperidine rings is 1. The zero-order valence-electron chi connectivity index (χ0n) is 12.1. The molecule has 0 aliphatic carbocycles. The van der Waals surface area contributed by atoms with E-state index in [0.717, 1.165) is 47.4 Å². The van der Waals surface area contributed by atoms with Crippen LogP contribution in [-0.4, -0.2) is 32.1 Å². The Morgan fingerprint density at radius 3 is 2.75 bits per heavy atom. The van der Waals surface area contributed by atoms with Crippen molar-refractivity contribution in [2.75, 3.05) is 30.8 Å². The molecule has 0 spiro atoms. The Balaban J connectivity index is 2.08. The summed E-state index contributed by atoms with van der Waals surface area (Å²) in [6.45, 7) is 5.19. The second-order valence-electron chi connectivity index (χ2n) is 5.28. The number of hydrogen-bond donors (Lipinski definition) is 2. The molecule has 0 radical (unpaired) electrons. The SMILES string of the molecule is CSNCC1CCN(c2cc(Cl)cc(C)c2C=N)CC1. The molecule has 1 aromatic rings. The van der Waals surface area contributed by atoms with E-state index in [1.807, 2.05) is 19.1 Å². The van der Waals surface area contributed by atoms with Crippen LogP contribution in [0.3, 0.4) is 0 Å². The lowest BCUT2D eigenvalue weighted by Crippen LogP contribution is -2.37. The summed E-state index contributed by atoms with van der Waals surface area (Å²) in [6.07, 6.45) is 5.90. The Kier molecular flexibility index (Phi) is 5.75. The van der Waals surface area contributed by atoms with E-state index in [1.165, 1.54) is 19.1 Å². The van der Waals surface area contributed by atoms with Gasteiger partial charge in [0.05, 0.1) is 0 Å². The van der Waals surface area contributed by atoms with Gasteiger partial charge >= 0.3 is 0 Å². The summed E-state index contributed by atoms with van der Waals surface area (Å²) in [5.74, 6) is 0.752. The van der Waals surface area contributed by atoms with Crippen molar-refractivity contribution in [3.05, 3.63) is 28.3 Å². The molecule has 2 rings (SSSR count). The van der Waals surface area contributed by atoms with Crippen LogP contribution in [0, 0.1) is 18.3 Å². The summed E-state index contributed by atoms with van der Waals surface area (Å²) < 4.78 is 3.35. The molecule has 3 nitrogen and oxygen atoms in total. The molecule has 5 heteroatoms. The summed E-state index contributed by atoms with van der Waals surface area (Å²) in [7, 11) is 0. The number of aryl methyl sites for hydroxylation is 1. The molecule has 0 bridgehead atoms. The van der Waals surface area contributed by atoms with E-state index in [1.54, 1.807) is 11.9 Å². The van der Waals surface area contributed by atoms with Gasteiger partial charge in [-0.25, -0.2) is 0 Å². The largest absolute Gasteiger partial charge is 0.371 e. The topological polar surface area (TPSA) is 39.1 Å². The normalized spacial score (nSPS) is 16.4. The predicted octanol–water partition coefficient (Wildman–Crippen LogP) is 3.73. The Morgan fingerprint density at radius 1 is 1.45 bits per heavy atom. The third kappa shape index (κ3) is 3.68. The number of halogens is 1. The number of anilines is 1. The first-order valence-corrected chi connectivity index (χ1v) is 8.57. The smallest absolute Gasteiger partial charge is 0.0472 e. The van der Waals surface area contributed by atoms with E-state index in [0.29, 0.717) is 0 Å². The molecular formula is C15H22ClN3S. The number of nitrogens with zero attached hydrogens (tertiary/aromatic N) is 1. The summed E-state index contributed by atoms with van der Waals surface area (Å²) in [5, 5.41) is 8.40. The molecule has 1 saturated heterocycles. The van der Waals surface area contributed by atoms with Crippen LogP contribution in [-0.2, 0) is 0 Å². The van der Waals surface area contributed by atoms with Crippen molar-refractivity contribution in [1.82, 2.24) is 4.72 Å². The minimum Gasteiger partial charge on any atom is -0.371 e. The molecule has 1 aliphatic rings. The Bertz CT molecular complexity index is 470. The van der Waals surface area contributed by atoms with Crippen LogP contribution in [0.25, 0.3) is 0 Å². The van der Waals surface area contributed by atoms with Crippen LogP contribution < -0.4 is 9.62 Å². The fourth-order valence-corrected chi connectivity index (χ4v) is 3.43. The third-order valence-corrected chi connectivity index (χ3v) is 4.62. The Morgan fingerprint density at radius 2 is 2.15 bits per heavy atom. The van der Waals surface area contributed by atoms with Crippen molar-refractivity contribution in [3.8, 4) is 0 Å². The van der Waals surface area contributed by atoms with E-state index in [-0.39, 0.29) is 0 Å². The van der Waals surface area contributed by atoms with E-state index < -0.39 is 0 Å². The number of benzene rings is 1. The van der Waals surface area contributed by atoms with Gasteiger partial charge in [0.2, 0.25) is 0 Å². The maximum absolute atomic E-state index is 7.64. The zero-order valence-corrected chi connectivity index (χ0v) is 13.7. The maximum atomic E-state index is 7.64. The molecule has 0 saturated carbocycles. The molecule has 0 unspecified atom stereocenters. The summed E-state index contributed by atoms with van der Waals surface area (Å²) in [4.78, 5) is 2.37. The molecule has 2 N–H and O–H groups in total. The Labute approximate surface area is 130 Å². The average Bonchev–Trinajstić information content (AvgIpc) is 2.45. The lowest BCUT2D eigenvalue weighted by Gasteiger charge is -2.34. The highest BCUT2D eigenvalue weighted by atomic mass is 35.5. The highest BCUT2D eigenvalue weighted by molar-refractivity contribution is 7.96. The quantitative estimate of drug-likeness (QED) is 0.643. The lowest BCUT2D eigenvalue weighted by molar-refractivity contribution is 0.407. The van der Waals surface area contributed by atoms with E-state index in [9.17, 15) is 0 Å². The summed E-state index contributed by atoms with van der Waals surface area (Å²) in [6, 6.07) is 3.93. The molecule has 0 aromatic heterocycles. The van der Waals surface area contributed by atoms with E-state index >= 15 is 0 Å². The van der Waals surface area contributed by atoms with Crippen LogP contribution in [0.4, 0.5) is 5.69 Å². The van der Waals surface area contributed by atoms with Crippen LogP contribution in [0.2, 0.25) is 5.02 Å². The van der Waals surface area contributed by atoms with Crippen molar-refractivity contribution in [1.29, 1.82) is 5.41 Å². The van der Waals surface area contributed by atoms with Crippen LogP contribution in [0.15, 0.2) is 12.1 Å².